The van der Waals surface area contributed by atoms with Crippen LogP contribution in [0.4, 0.5) is 0 Å². The van der Waals surface area contributed by atoms with Gasteiger partial charge in [-0.1, -0.05) is 6.07 Å². The molecule has 0 aromatic carbocycles. The number of nitrogens with two attached hydrogens (primary N) is 1. The SMILES string of the molecule is NNC(Cc1ccccn1)C1C2C3CCC(C3)C21. The fourth-order valence-corrected chi connectivity index (χ4v) is 4.98. The molecular weight excluding hydrogens is 222 g/mol. The van der Waals surface area contributed by atoms with E-state index in [-0.39, 0.29) is 0 Å². The number of nitrogens with one attached hydrogen (secondary N) is 1. The van der Waals surface area contributed by atoms with Gasteiger partial charge >= 0.3 is 0 Å². The summed E-state index contributed by atoms with van der Waals surface area (Å²) in [6.45, 7) is 0. The summed E-state index contributed by atoms with van der Waals surface area (Å²) in [7, 11) is 0. The molecule has 3 nitrogen and oxygen atoms in total. The van der Waals surface area contributed by atoms with Gasteiger partial charge < -0.3 is 0 Å². The zero-order valence-corrected chi connectivity index (χ0v) is 10.6. The minimum Gasteiger partial charge on any atom is -0.271 e. The fraction of sp³-hybridized carbons (Fsp3) is 0.667. The van der Waals surface area contributed by atoms with Gasteiger partial charge in [0.15, 0.2) is 0 Å². The lowest BCUT2D eigenvalue weighted by Crippen LogP contribution is -2.40. The smallest absolute Gasteiger partial charge is 0.0419 e. The first-order chi connectivity index (χ1) is 8.88. The molecule has 0 aliphatic heterocycles. The summed E-state index contributed by atoms with van der Waals surface area (Å²) < 4.78 is 0. The van der Waals surface area contributed by atoms with Gasteiger partial charge in [-0.25, -0.2) is 0 Å². The molecule has 18 heavy (non-hydrogen) atoms. The third kappa shape index (κ3) is 1.54. The molecular formula is C15H21N3. The van der Waals surface area contributed by atoms with Crippen molar-refractivity contribution < 1.29 is 0 Å². The van der Waals surface area contributed by atoms with Crippen molar-refractivity contribution in [3.05, 3.63) is 30.1 Å². The van der Waals surface area contributed by atoms with Gasteiger partial charge in [-0.3, -0.25) is 16.3 Å². The average Bonchev–Trinajstić information content (AvgIpc) is 2.84. The Kier molecular flexibility index (Phi) is 2.45. The van der Waals surface area contributed by atoms with Gasteiger partial charge in [0.05, 0.1) is 0 Å². The number of rotatable bonds is 4. The predicted octanol–water partition coefficient (Wildman–Crippen LogP) is 1.75. The summed E-state index contributed by atoms with van der Waals surface area (Å²) in [6.07, 6.45) is 7.31. The van der Waals surface area contributed by atoms with Crippen LogP contribution in [-0.4, -0.2) is 11.0 Å². The van der Waals surface area contributed by atoms with Crippen LogP contribution in [0, 0.1) is 29.6 Å². The number of hydrogen-bond acceptors (Lipinski definition) is 3. The highest BCUT2D eigenvalue weighted by molar-refractivity contribution is 5.17. The van der Waals surface area contributed by atoms with Crippen LogP contribution in [0.2, 0.25) is 0 Å². The molecule has 4 rings (SSSR count). The van der Waals surface area contributed by atoms with Crippen molar-refractivity contribution in [2.75, 3.05) is 0 Å². The molecule has 3 N–H and O–H groups in total. The summed E-state index contributed by atoms with van der Waals surface area (Å²) in [5, 5.41) is 0. The summed E-state index contributed by atoms with van der Waals surface area (Å²) in [4.78, 5) is 4.43. The first-order valence-corrected chi connectivity index (χ1v) is 7.24. The van der Waals surface area contributed by atoms with Gasteiger partial charge in [-0.2, -0.15) is 0 Å². The van der Waals surface area contributed by atoms with E-state index in [1.807, 2.05) is 12.3 Å². The quantitative estimate of drug-likeness (QED) is 0.625. The molecule has 3 saturated carbocycles. The molecule has 0 radical (unpaired) electrons. The van der Waals surface area contributed by atoms with Crippen LogP contribution < -0.4 is 11.3 Å². The molecule has 0 spiro atoms. The van der Waals surface area contributed by atoms with E-state index >= 15 is 0 Å². The van der Waals surface area contributed by atoms with Crippen molar-refractivity contribution in [1.82, 2.24) is 10.4 Å². The molecule has 3 aliphatic rings. The summed E-state index contributed by atoms with van der Waals surface area (Å²) >= 11 is 0. The number of fused-ring (bicyclic) bond motifs is 5. The highest BCUT2D eigenvalue weighted by Gasteiger charge is 2.66. The van der Waals surface area contributed by atoms with E-state index in [1.54, 1.807) is 0 Å². The van der Waals surface area contributed by atoms with Crippen LogP contribution in [0.25, 0.3) is 0 Å². The molecule has 5 unspecified atom stereocenters. The zero-order chi connectivity index (χ0) is 12.1. The molecule has 96 valence electrons. The van der Waals surface area contributed by atoms with Gasteiger partial charge in [-0.15, -0.1) is 0 Å². The van der Waals surface area contributed by atoms with Gasteiger partial charge in [0.1, 0.15) is 0 Å². The number of hydrazine groups is 1. The van der Waals surface area contributed by atoms with Crippen LogP contribution in [0.5, 0.6) is 0 Å². The van der Waals surface area contributed by atoms with Crippen molar-refractivity contribution in [2.24, 2.45) is 35.4 Å². The zero-order valence-electron chi connectivity index (χ0n) is 10.6. The molecule has 3 aliphatic carbocycles. The van der Waals surface area contributed by atoms with Gasteiger partial charge in [0, 0.05) is 24.4 Å². The van der Waals surface area contributed by atoms with Crippen molar-refractivity contribution >= 4 is 0 Å². The Morgan fingerprint density at radius 1 is 1.28 bits per heavy atom. The van der Waals surface area contributed by atoms with Crippen LogP contribution in [0.15, 0.2) is 24.4 Å². The Hall–Kier alpha value is -0.930. The van der Waals surface area contributed by atoms with E-state index in [0.29, 0.717) is 6.04 Å². The molecule has 0 amide bonds. The van der Waals surface area contributed by atoms with Crippen LogP contribution in [-0.2, 0) is 6.42 Å². The molecule has 1 heterocycles. The Balaban J connectivity index is 1.47. The van der Waals surface area contributed by atoms with Gasteiger partial charge in [-0.05, 0) is 61.0 Å². The molecule has 1 aromatic rings. The fourth-order valence-electron chi connectivity index (χ4n) is 4.98. The minimum absolute atomic E-state index is 0.429. The van der Waals surface area contributed by atoms with E-state index in [9.17, 15) is 0 Å². The summed E-state index contributed by atoms with van der Waals surface area (Å²) in [5.74, 6) is 10.6. The van der Waals surface area contributed by atoms with Crippen molar-refractivity contribution in [1.29, 1.82) is 0 Å². The lowest BCUT2D eigenvalue weighted by Gasteiger charge is -2.19. The van der Waals surface area contributed by atoms with E-state index in [2.05, 4.69) is 22.5 Å². The molecule has 0 saturated heterocycles. The Morgan fingerprint density at radius 2 is 2.06 bits per heavy atom. The average molecular weight is 243 g/mol. The largest absolute Gasteiger partial charge is 0.271 e. The Morgan fingerprint density at radius 3 is 2.67 bits per heavy atom. The monoisotopic (exact) mass is 243 g/mol. The third-order valence-corrected chi connectivity index (χ3v) is 5.63. The third-order valence-electron chi connectivity index (χ3n) is 5.63. The van der Waals surface area contributed by atoms with Crippen molar-refractivity contribution in [2.45, 2.75) is 31.7 Å². The van der Waals surface area contributed by atoms with E-state index in [4.69, 9.17) is 5.84 Å². The molecule has 5 atom stereocenters. The van der Waals surface area contributed by atoms with E-state index in [0.717, 1.165) is 41.7 Å². The Bertz CT molecular complexity index is 417. The van der Waals surface area contributed by atoms with Gasteiger partial charge in [0.2, 0.25) is 0 Å². The molecule has 3 heteroatoms. The minimum atomic E-state index is 0.429. The van der Waals surface area contributed by atoms with Crippen molar-refractivity contribution in [3.8, 4) is 0 Å². The topological polar surface area (TPSA) is 50.9 Å². The number of aromatic nitrogens is 1. The van der Waals surface area contributed by atoms with Gasteiger partial charge in [0.25, 0.3) is 0 Å². The van der Waals surface area contributed by atoms with Crippen LogP contribution in [0.3, 0.4) is 0 Å². The van der Waals surface area contributed by atoms with Crippen LogP contribution >= 0.6 is 0 Å². The second-order valence-corrected chi connectivity index (χ2v) is 6.36. The number of pyridine rings is 1. The standard InChI is InChI=1S/C15H21N3/c16-18-12(8-11-3-1-2-6-17-11)15-13-9-4-5-10(7-9)14(13)15/h1-3,6,9-10,12-15,18H,4-5,7-8,16H2. The maximum atomic E-state index is 5.80. The van der Waals surface area contributed by atoms with Crippen molar-refractivity contribution in [3.63, 3.8) is 0 Å². The lowest BCUT2D eigenvalue weighted by molar-refractivity contribution is 0.363. The predicted molar refractivity (Wildman–Crippen MR) is 70.4 cm³/mol. The van der Waals surface area contributed by atoms with E-state index in [1.165, 1.54) is 19.3 Å². The lowest BCUT2D eigenvalue weighted by atomic mass is 9.95. The van der Waals surface area contributed by atoms with Crippen LogP contribution in [0.1, 0.15) is 25.0 Å². The second-order valence-electron chi connectivity index (χ2n) is 6.36. The second kappa shape index (κ2) is 4.04. The number of hydrogen-bond donors (Lipinski definition) is 2. The summed E-state index contributed by atoms with van der Waals surface area (Å²) in [6, 6.07) is 6.57. The summed E-state index contributed by atoms with van der Waals surface area (Å²) in [5.41, 5.74) is 4.23. The normalized spacial score (nSPS) is 41.7. The maximum Gasteiger partial charge on any atom is 0.0419 e. The maximum absolute atomic E-state index is 5.80. The highest BCUT2D eigenvalue weighted by Crippen LogP contribution is 2.70. The Labute approximate surface area is 108 Å². The first-order valence-electron chi connectivity index (χ1n) is 7.24. The highest BCUT2D eigenvalue weighted by atomic mass is 15.2. The number of nitrogens with zero attached hydrogens (tertiary/aromatic N) is 1. The first kappa shape index (κ1) is 10.9. The van der Waals surface area contributed by atoms with E-state index < -0.39 is 0 Å². The molecule has 3 fully saturated rings. The molecule has 2 bridgehead atoms. The molecule has 1 aromatic heterocycles.